The van der Waals surface area contributed by atoms with Gasteiger partial charge in [-0.1, -0.05) is 5.92 Å². The predicted octanol–water partition coefficient (Wildman–Crippen LogP) is 1.09. The first-order valence-electron chi connectivity index (χ1n) is 4.52. The van der Waals surface area contributed by atoms with Gasteiger partial charge in [0.25, 0.3) is 0 Å². The van der Waals surface area contributed by atoms with Gasteiger partial charge in [0.05, 0.1) is 6.61 Å². The number of esters is 1. The molecule has 4 heteroatoms. The number of carbonyl (C=O) groups is 1. The molecule has 1 heterocycles. The van der Waals surface area contributed by atoms with Crippen molar-refractivity contribution in [2.45, 2.75) is 13.3 Å². The Morgan fingerprint density at radius 2 is 2.47 bits per heavy atom. The number of carbonyl (C=O) groups excluding carboxylic acids is 1. The molecule has 0 aliphatic heterocycles. The monoisotopic (exact) mass is 205 g/mol. The van der Waals surface area contributed by atoms with Crippen molar-refractivity contribution in [2.75, 3.05) is 6.61 Å². The van der Waals surface area contributed by atoms with Gasteiger partial charge in [-0.2, -0.15) is 0 Å². The molecule has 0 spiro atoms. The quantitative estimate of drug-likeness (QED) is 0.580. The molecule has 1 N–H and O–H groups in total. The second-order valence-corrected chi connectivity index (χ2v) is 2.65. The topological polar surface area (TPSA) is 59.4 Å². The minimum atomic E-state index is -0.375. The molecule has 0 saturated heterocycles. The number of hydrogen-bond donors (Lipinski definition) is 1. The average molecular weight is 205 g/mol. The number of ether oxygens (including phenoxy) is 1. The summed E-state index contributed by atoms with van der Waals surface area (Å²) in [6.07, 6.45) is 1.53. The lowest BCUT2D eigenvalue weighted by molar-refractivity contribution is -0.141. The number of rotatable bonds is 2. The van der Waals surface area contributed by atoms with Crippen molar-refractivity contribution in [2.24, 2.45) is 0 Å². The summed E-state index contributed by atoms with van der Waals surface area (Å²) < 4.78 is 4.69. The fourth-order valence-electron chi connectivity index (χ4n) is 0.905. The predicted molar refractivity (Wildman–Crippen MR) is 54.0 cm³/mol. The van der Waals surface area contributed by atoms with Crippen LogP contribution in [0.25, 0.3) is 0 Å². The highest BCUT2D eigenvalue weighted by Crippen LogP contribution is 2.10. The zero-order valence-electron chi connectivity index (χ0n) is 8.36. The van der Waals surface area contributed by atoms with E-state index in [2.05, 4.69) is 21.6 Å². The SMILES string of the molecule is CCOC(=O)CC#Cc1ncccc1O. The Morgan fingerprint density at radius 3 is 3.13 bits per heavy atom. The normalized spacial score (nSPS) is 8.87. The van der Waals surface area contributed by atoms with E-state index in [0.29, 0.717) is 6.61 Å². The van der Waals surface area contributed by atoms with Crippen LogP contribution < -0.4 is 0 Å². The molecule has 0 aromatic carbocycles. The van der Waals surface area contributed by atoms with Crippen molar-refractivity contribution in [3.8, 4) is 17.6 Å². The number of aromatic hydroxyl groups is 1. The van der Waals surface area contributed by atoms with Gasteiger partial charge in [-0.15, -0.1) is 0 Å². The van der Waals surface area contributed by atoms with E-state index >= 15 is 0 Å². The summed E-state index contributed by atoms with van der Waals surface area (Å²) in [6, 6.07) is 3.09. The van der Waals surface area contributed by atoms with Crippen LogP contribution >= 0.6 is 0 Å². The number of nitrogens with zero attached hydrogens (tertiary/aromatic N) is 1. The molecule has 0 saturated carbocycles. The van der Waals surface area contributed by atoms with Crippen LogP contribution in [0.2, 0.25) is 0 Å². The van der Waals surface area contributed by atoms with E-state index in [-0.39, 0.29) is 23.8 Å². The molecule has 0 aliphatic rings. The van der Waals surface area contributed by atoms with Crippen LogP contribution in [-0.4, -0.2) is 22.7 Å². The van der Waals surface area contributed by atoms with Crippen LogP contribution in [-0.2, 0) is 9.53 Å². The van der Waals surface area contributed by atoms with Crippen molar-refractivity contribution in [1.82, 2.24) is 4.98 Å². The molecule has 0 aliphatic carbocycles. The smallest absolute Gasteiger partial charge is 0.317 e. The summed E-state index contributed by atoms with van der Waals surface area (Å²) in [6.45, 7) is 2.07. The first-order chi connectivity index (χ1) is 7.24. The molecular formula is C11H11NO3. The van der Waals surface area contributed by atoms with Gasteiger partial charge in [-0.25, -0.2) is 4.98 Å². The Labute approximate surface area is 87.9 Å². The van der Waals surface area contributed by atoms with Gasteiger partial charge in [0, 0.05) is 6.20 Å². The molecule has 1 aromatic rings. The van der Waals surface area contributed by atoms with E-state index in [1.807, 2.05) is 0 Å². The largest absolute Gasteiger partial charge is 0.505 e. The van der Waals surface area contributed by atoms with Crippen LogP contribution in [0.3, 0.4) is 0 Å². The number of pyridine rings is 1. The van der Waals surface area contributed by atoms with Gasteiger partial charge < -0.3 is 9.84 Å². The third kappa shape index (κ3) is 3.69. The summed E-state index contributed by atoms with van der Waals surface area (Å²) in [5.74, 6) is 4.80. The van der Waals surface area contributed by atoms with Gasteiger partial charge in [0.2, 0.25) is 0 Å². The summed E-state index contributed by atoms with van der Waals surface area (Å²) in [7, 11) is 0. The van der Waals surface area contributed by atoms with Gasteiger partial charge in [-0.05, 0) is 25.0 Å². The first-order valence-corrected chi connectivity index (χ1v) is 4.52. The number of hydrogen-bond acceptors (Lipinski definition) is 4. The molecule has 1 aromatic heterocycles. The Bertz CT molecular complexity index is 404. The van der Waals surface area contributed by atoms with Crippen molar-refractivity contribution in [3.63, 3.8) is 0 Å². The van der Waals surface area contributed by atoms with E-state index in [0.717, 1.165) is 0 Å². The highest BCUT2D eigenvalue weighted by atomic mass is 16.5. The van der Waals surface area contributed by atoms with E-state index in [1.54, 1.807) is 13.0 Å². The molecule has 1 rings (SSSR count). The lowest BCUT2D eigenvalue weighted by atomic mass is 10.3. The van der Waals surface area contributed by atoms with E-state index < -0.39 is 0 Å². The molecule has 0 radical (unpaired) electrons. The van der Waals surface area contributed by atoms with Gasteiger partial charge in [-0.3, -0.25) is 4.79 Å². The van der Waals surface area contributed by atoms with Crippen LogP contribution in [0, 0.1) is 11.8 Å². The third-order valence-electron chi connectivity index (χ3n) is 1.53. The molecule has 0 bridgehead atoms. The third-order valence-corrected chi connectivity index (χ3v) is 1.53. The lowest BCUT2D eigenvalue weighted by Gasteiger charge is -1.95. The average Bonchev–Trinajstić information content (AvgIpc) is 2.21. The maximum Gasteiger partial charge on any atom is 0.317 e. The summed E-state index contributed by atoms with van der Waals surface area (Å²) in [4.78, 5) is 14.8. The van der Waals surface area contributed by atoms with E-state index in [4.69, 9.17) is 0 Å². The van der Waals surface area contributed by atoms with E-state index in [9.17, 15) is 9.90 Å². The summed E-state index contributed by atoms with van der Waals surface area (Å²) >= 11 is 0. The maximum absolute atomic E-state index is 10.9. The standard InChI is InChI=1S/C11H11NO3/c1-2-15-11(14)7-3-5-9-10(13)6-4-8-12-9/h4,6,8,13H,2,7H2,1H3. The second-order valence-electron chi connectivity index (χ2n) is 2.65. The second kappa shape index (κ2) is 5.66. The lowest BCUT2D eigenvalue weighted by Crippen LogP contribution is -2.01. The van der Waals surface area contributed by atoms with Crippen molar-refractivity contribution >= 4 is 5.97 Å². The van der Waals surface area contributed by atoms with Crippen LogP contribution in [0.15, 0.2) is 18.3 Å². The molecule has 78 valence electrons. The van der Waals surface area contributed by atoms with Crippen molar-refractivity contribution < 1.29 is 14.6 Å². The Kier molecular flexibility index (Phi) is 4.17. The maximum atomic E-state index is 10.9. The summed E-state index contributed by atoms with van der Waals surface area (Å²) in [5.41, 5.74) is 0.266. The highest BCUT2D eigenvalue weighted by Gasteiger charge is 1.98. The molecule has 15 heavy (non-hydrogen) atoms. The molecule has 0 fully saturated rings. The zero-order valence-corrected chi connectivity index (χ0v) is 8.36. The molecular weight excluding hydrogens is 194 g/mol. The minimum absolute atomic E-state index is 0.00382. The van der Waals surface area contributed by atoms with Gasteiger partial charge in [0.1, 0.15) is 12.2 Å². The molecule has 0 unspecified atom stereocenters. The zero-order chi connectivity index (χ0) is 11.1. The Hall–Kier alpha value is -2.02. The van der Waals surface area contributed by atoms with Crippen molar-refractivity contribution in [1.29, 1.82) is 0 Å². The van der Waals surface area contributed by atoms with Gasteiger partial charge >= 0.3 is 5.97 Å². The van der Waals surface area contributed by atoms with Gasteiger partial charge in [0.15, 0.2) is 5.69 Å². The van der Waals surface area contributed by atoms with Crippen LogP contribution in [0.5, 0.6) is 5.75 Å². The fraction of sp³-hybridized carbons (Fsp3) is 0.273. The van der Waals surface area contributed by atoms with Crippen LogP contribution in [0.1, 0.15) is 19.0 Å². The molecule has 0 atom stereocenters. The first kappa shape index (κ1) is 11.1. The highest BCUT2D eigenvalue weighted by molar-refractivity contribution is 5.72. The molecule has 0 amide bonds. The van der Waals surface area contributed by atoms with E-state index in [1.165, 1.54) is 12.3 Å². The Morgan fingerprint density at radius 1 is 1.67 bits per heavy atom. The summed E-state index contributed by atoms with van der Waals surface area (Å²) in [5, 5.41) is 9.30. The fourth-order valence-corrected chi connectivity index (χ4v) is 0.905. The minimum Gasteiger partial charge on any atom is -0.505 e. The number of aromatic nitrogens is 1. The Balaban J connectivity index is 2.59. The van der Waals surface area contributed by atoms with Crippen molar-refractivity contribution in [3.05, 3.63) is 24.0 Å². The molecule has 4 nitrogen and oxygen atoms in total. The van der Waals surface area contributed by atoms with Crippen LogP contribution in [0.4, 0.5) is 0 Å².